The Balaban J connectivity index is 1.13. The van der Waals surface area contributed by atoms with Crippen LogP contribution in [0.25, 0.3) is 10.2 Å². The number of piperazine rings is 1. The van der Waals surface area contributed by atoms with E-state index in [0.29, 0.717) is 6.54 Å². The largest absolute Gasteiger partial charge is 0.369 e. The molecular weight excluding hydrogens is 466 g/mol. The predicted molar refractivity (Wildman–Crippen MR) is 148 cm³/mol. The third kappa shape index (κ3) is 4.71. The summed E-state index contributed by atoms with van der Waals surface area (Å²) in [6, 6.07) is 19.2. The van der Waals surface area contributed by atoms with E-state index >= 15 is 0 Å². The van der Waals surface area contributed by atoms with Crippen LogP contribution < -0.4 is 10.5 Å². The van der Waals surface area contributed by atoms with Crippen LogP contribution in [-0.4, -0.2) is 58.6 Å². The van der Waals surface area contributed by atoms with E-state index in [0.717, 1.165) is 69.0 Å². The lowest BCUT2D eigenvalue weighted by Crippen LogP contribution is -2.47. The standard InChI is InChI=1S/C29H33N5OS/c1-22-7-5-6-10-25(22)33-16-13-31(14-17-33)15-18-34-21-30-28-27(29(34)35)24-20-32(12-11-26(24)36-28)19-23-8-3-2-4-9-23/h2-10,21H,11-20H2,1H3. The van der Waals surface area contributed by atoms with Gasteiger partial charge in [-0.2, -0.15) is 0 Å². The van der Waals surface area contributed by atoms with E-state index in [1.807, 2.05) is 4.57 Å². The molecule has 186 valence electrons. The quantitative estimate of drug-likeness (QED) is 0.399. The van der Waals surface area contributed by atoms with Gasteiger partial charge < -0.3 is 4.90 Å². The van der Waals surface area contributed by atoms with E-state index in [-0.39, 0.29) is 5.56 Å². The molecule has 0 bridgehead atoms. The molecule has 6 nitrogen and oxygen atoms in total. The fourth-order valence-electron chi connectivity index (χ4n) is 5.57. The van der Waals surface area contributed by atoms with Gasteiger partial charge in [-0.25, -0.2) is 4.98 Å². The molecular formula is C29H33N5OS. The van der Waals surface area contributed by atoms with Gasteiger partial charge in [-0.15, -0.1) is 11.3 Å². The lowest BCUT2D eigenvalue weighted by atomic mass is 10.1. The van der Waals surface area contributed by atoms with Gasteiger partial charge in [0.15, 0.2) is 0 Å². The Kier molecular flexibility index (Phi) is 6.61. The highest BCUT2D eigenvalue weighted by atomic mass is 32.1. The molecule has 0 amide bonds. The van der Waals surface area contributed by atoms with Crippen molar-refractivity contribution < 1.29 is 0 Å². The second kappa shape index (κ2) is 10.2. The van der Waals surface area contributed by atoms with Crippen LogP contribution in [0.15, 0.2) is 65.7 Å². The van der Waals surface area contributed by atoms with Crippen LogP contribution >= 0.6 is 11.3 Å². The highest BCUT2D eigenvalue weighted by Crippen LogP contribution is 2.32. The minimum absolute atomic E-state index is 0.123. The molecule has 2 aromatic carbocycles. The molecule has 0 atom stereocenters. The molecule has 0 spiro atoms. The molecule has 0 aliphatic carbocycles. The van der Waals surface area contributed by atoms with Gasteiger partial charge in [-0.3, -0.25) is 19.2 Å². The molecule has 0 saturated carbocycles. The molecule has 2 aliphatic rings. The Morgan fingerprint density at radius 2 is 1.67 bits per heavy atom. The van der Waals surface area contributed by atoms with Gasteiger partial charge in [0.2, 0.25) is 0 Å². The van der Waals surface area contributed by atoms with Crippen molar-refractivity contribution in [3.63, 3.8) is 0 Å². The second-order valence-corrected chi connectivity index (χ2v) is 11.1. The third-order valence-electron chi connectivity index (χ3n) is 7.63. The third-order valence-corrected chi connectivity index (χ3v) is 8.83. The highest BCUT2D eigenvalue weighted by Gasteiger charge is 2.24. The van der Waals surface area contributed by atoms with Crippen LogP contribution in [0.2, 0.25) is 0 Å². The van der Waals surface area contributed by atoms with E-state index in [2.05, 4.69) is 76.2 Å². The highest BCUT2D eigenvalue weighted by molar-refractivity contribution is 7.18. The summed E-state index contributed by atoms with van der Waals surface area (Å²) in [4.78, 5) is 27.9. The molecule has 1 saturated heterocycles. The molecule has 1 fully saturated rings. The van der Waals surface area contributed by atoms with E-state index in [1.54, 1.807) is 17.7 Å². The van der Waals surface area contributed by atoms with Crippen LogP contribution in [0.4, 0.5) is 5.69 Å². The van der Waals surface area contributed by atoms with Gasteiger partial charge in [0.1, 0.15) is 4.83 Å². The average molecular weight is 500 g/mol. The smallest absolute Gasteiger partial charge is 0.262 e. The first kappa shape index (κ1) is 23.4. The Morgan fingerprint density at radius 3 is 2.47 bits per heavy atom. The molecule has 6 rings (SSSR count). The Bertz CT molecular complexity index is 1400. The number of hydrogen-bond acceptors (Lipinski definition) is 6. The van der Waals surface area contributed by atoms with Crippen molar-refractivity contribution in [3.05, 3.63) is 92.8 Å². The second-order valence-electron chi connectivity index (χ2n) is 9.99. The number of thiophene rings is 1. The summed E-state index contributed by atoms with van der Waals surface area (Å²) in [5.74, 6) is 0. The first-order chi connectivity index (χ1) is 17.7. The number of rotatable bonds is 6. The SMILES string of the molecule is Cc1ccccc1N1CCN(CCn2cnc3sc4c(c3c2=O)CN(Cc2ccccc2)CC4)CC1. The lowest BCUT2D eigenvalue weighted by Gasteiger charge is -2.36. The summed E-state index contributed by atoms with van der Waals surface area (Å²) in [6.07, 6.45) is 2.76. The minimum atomic E-state index is 0.123. The van der Waals surface area contributed by atoms with Gasteiger partial charge in [-0.1, -0.05) is 48.5 Å². The Hall–Kier alpha value is -3.00. The predicted octanol–water partition coefficient (Wildman–Crippen LogP) is 4.15. The van der Waals surface area contributed by atoms with Gasteiger partial charge in [-0.05, 0) is 36.1 Å². The molecule has 36 heavy (non-hydrogen) atoms. The number of para-hydroxylation sites is 1. The molecule has 0 N–H and O–H groups in total. The lowest BCUT2D eigenvalue weighted by molar-refractivity contribution is 0.246. The number of fused-ring (bicyclic) bond motifs is 3. The number of hydrogen-bond donors (Lipinski definition) is 0. The zero-order valence-corrected chi connectivity index (χ0v) is 21.7. The van der Waals surface area contributed by atoms with Crippen molar-refractivity contribution in [2.24, 2.45) is 0 Å². The van der Waals surface area contributed by atoms with E-state index in [9.17, 15) is 4.79 Å². The van der Waals surface area contributed by atoms with Crippen molar-refractivity contribution in [2.75, 3.05) is 44.2 Å². The fourth-order valence-corrected chi connectivity index (χ4v) is 6.70. The van der Waals surface area contributed by atoms with Crippen molar-refractivity contribution in [1.29, 1.82) is 0 Å². The van der Waals surface area contributed by atoms with Crippen molar-refractivity contribution in [1.82, 2.24) is 19.4 Å². The number of nitrogens with zero attached hydrogens (tertiary/aromatic N) is 5. The zero-order valence-electron chi connectivity index (χ0n) is 20.9. The molecule has 2 aromatic heterocycles. The number of benzene rings is 2. The maximum absolute atomic E-state index is 13.6. The molecule has 0 radical (unpaired) electrons. The van der Waals surface area contributed by atoms with E-state index in [4.69, 9.17) is 4.98 Å². The molecule has 4 aromatic rings. The summed E-state index contributed by atoms with van der Waals surface area (Å²) in [5, 5.41) is 0.847. The maximum Gasteiger partial charge on any atom is 0.262 e. The fraction of sp³-hybridized carbons (Fsp3) is 0.379. The van der Waals surface area contributed by atoms with E-state index in [1.165, 1.54) is 27.3 Å². The molecule has 7 heteroatoms. The summed E-state index contributed by atoms with van der Waals surface area (Å²) in [5.41, 5.74) is 5.32. The summed E-state index contributed by atoms with van der Waals surface area (Å²) in [6.45, 7) is 10.6. The van der Waals surface area contributed by atoms with Crippen LogP contribution in [0.1, 0.15) is 21.6 Å². The summed E-state index contributed by atoms with van der Waals surface area (Å²) < 4.78 is 1.83. The minimum Gasteiger partial charge on any atom is -0.369 e. The maximum atomic E-state index is 13.6. The summed E-state index contributed by atoms with van der Waals surface area (Å²) >= 11 is 1.71. The van der Waals surface area contributed by atoms with Crippen LogP contribution in [0.3, 0.4) is 0 Å². The zero-order chi connectivity index (χ0) is 24.5. The van der Waals surface area contributed by atoms with Gasteiger partial charge in [0.05, 0.1) is 11.7 Å². The van der Waals surface area contributed by atoms with Crippen molar-refractivity contribution in [3.8, 4) is 0 Å². The van der Waals surface area contributed by atoms with Crippen molar-refractivity contribution in [2.45, 2.75) is 33.0 Å². The number of anilines is 1. The van der Waals surface area contributed by atoms with Crippen LogP contribution in [-0.2, 0) is 26.1 Å². The van der Waals surface area contributed by atoms with Crippen LogP contribution in [0, 0.1) is 6.92 Å². The molecule has 0 unspecified atom stereocenters. The number of aromatic nitrogens is 2. The Labute approximate surface area is 216 Å². The summed E-state index contributed by atoms with van der Waals surface area (Å²) in [7, 11) is 0. The van der Waals surface area contributed by atoms with Crippen LogP contribution in [0.5, 0.6) is 0 Å². The molecule has 2 aliphatic heterocycles. The Morgan fingerprint density at radius 1 is 0.889 bits per heavy atom. The monoisotopic (exact) mass is 499 g/mol. The van der Waals surface area contributed by atoms with Crippen molar-refractivity contribution >= 4 is 27.2 Å². The normalized spacial score (nSPS) is 17.0. The van der Waals surface area contributed by atoms with Gasteiger partial charge in [0, 0.05) is 69.5 Å². The first-order valence-electron chi connectivity index (χ1n) is 12.9. The van der Waals surface area contributed by atoms with Gasteiger partial charge >= 0.3 is 0 Å². The van der Waals surface area contributed by atoms with E-state index < -0.39 is 0 Å². The number of aryl methyl sites for hydroxylation is 1. The average Bonchev–Trinajstić information content (AvgIpc) is 3.28. The van der Waals surface area contributed by atoms with Gasteiger partial charge in [0.25, 0.3) is 5.56 Å². The molecule has 4 heterocycles. The topological polar surface area (TPSA) is 44.6 Å². The first-order valence-corrected chi connectivity index (χ1v) is 13.8.